The van der Waals surface area contributed by atoms with E-state index in [4.69, 9.17) is 10.8 Å². The molecule has 0 saturated heterocycles. The smallest absolute Gasteiger partial charge is 0.335 e. The van der Waals surface area contributed by atoms with Crippen LogP contribution in [0.2, 0.25) is 0 Å². The second-order valence-electron chi connectivity index (χ2n) is 3.98. The van der Waals surface area contributed by atoms with Crippen molar-refractivity contribution in [2.24, 2.45) is 11.7 Å². The van der Waals surface area contributed by atoms with E-state index in [9.17, 15) is 9.59 Å². The summed E-state index contributed by atoms with van der Waals surface area (Å²) in [6.07, 6.45) is 0.327. The Kier molecular flexibility index (Phi) is 4.66. The van der Waals surface area contributed by atoms with Crippen LogP contribution in [0.4, 0.5) is 5.69 Å². The minimum absolute atomic E-state index is 0.109. The third-order valence-electron chi connectivity index (χ3n) is 2.33. The molecule has 0 aliphatic carbocycles. The molecule has 1 aromatic rings. The van der Waals surface area contributed by atoms with Crippen molar-refractivity contribution in [2.75, 3.05) is 11.9 Å². The normalized spacial score (nSPS) is 11.9. The highest BCUT2D eigenvalue weighted by Crippen LogP contribution is 2.12. The van der Waals surface area contributed by atoms with Gasteiger partial charge in [0.15, 0.2) is 0 Å². The minimum Gasteiger partial charge on any atom is -0.478 e. The zero-order valence-electron chi connectivity index (χ0n) is 9.64. The second kappa shape index (κ2) is 6.00. The van der Waals surface area contributed by atoms with Gasteiger partial charge in [-0.15, -0.1) is 0 Å². The molecule has 0 aliphatic heterocycles. The number of hydrogen-bond acceptors (Lipinski definition) is 3. The lowest BCUT2D eigenvalue weighted by molar-refractivity contribution is -0.116. The van der Waals surface area contributed by atoms with E-state index in [1.807, 2.05) is 6.92 Å². The van der Waals surface area contributed by atoms with Crippen LogP contribution < -0.4 is 11.1 Å². The van der Waals surface area contributed by atoms with Crippen molar-refractivity contribution in [3.05, 3.63) is 29.8 Å². The number of carbonyl (C=O) groups excluding carboxylic acids is 1. The van der Waals surface area contributed by atoms with Gasteiger partial charge in [-0.05, 0) is 30.7 Å². The summed E-state index contributed by atoms with van der Waals surface area (Å²) in [6, 6.07) is 6.14. The number of aromatic carboxylic acids is 1. The van der Waals surface area contributed by atoms with E-state index in [0.29, 0.717) is 18.7 Å². The van der Waals surface area contributed by atoms with Crippen LogP contribution >= 0.6 is 0 Å². The molecule has 92 valence electrons. The molecule has 0 radical (unpaired) electrons. The van der Waals surface area contributed by atoms with Gasteiger partial charge in [0.2, 0.25) is 5.91 Å². The summed E-state index contributed by atoms with van der Waals surface area (Å²) in [5.74, 6) is -1.07. The number of carboxylic acid groups (broad SMARTS) is 1. The van der Waals surface area contributed by atoms with Crippen molar-refractivity contribution in [1.29, 1.82) is 0 Å². The number of nitrogens with two attached hydrogens (primary N) is 1. The van der Waals surface area contributed by atoms with Gasteiger partial charge in [0.1, 0.15) is 0 Å². The van der Waals surface area contributed by atoms with Gasteiger partial charge in [-0.1, -0.05) is 13.0 Å². The maximum absolute atomic E-state index is 11.5. The Morgan fingerprint density at radius 1 is 1.47 bits per heavy atom. The van der Waals surface area contributed by atoms with E-state index in [1.54, 1.807) is 12.1 Å². The molecule has 0 heterocycles. The predicted octanol–water partition coefficient (Wildman–Crippen LogP) is 1.31. The third-order valence-corrected chi connectivity index (χ3v) is 2.33. The number of amides is 1. The van der Waals surface area contributed by atoms with Crippen LogP contribution in [0.5, 0.6) is 0 Å². The van der Waals surface area contributed by atoms with Crippen molar-refractivity contribution in [2.45, 2.75) is 13.3 Å². The molecule has 1 unspecified atom stereocenters. The van der Waals surface area contributed by atoms with Gasteiger partial charge < -0.3 is 16.2 Å². The Morgan fingerprint density at radius 3 is 2.76 bits per heavy atom. The van der Waals surface area contributed by atoms with Gasteiger partial charge in [-0.2, -0.15) is 0 Å². The summed E-state index contributed by atoms with van der Waals surface area (Å²) in [4.78, 5) is 22.3. The van der Waals surface area contributed by atoms with Crippen molar-refractivity contribution >= 4 is 17.6 Å². The van der Waals surface area contributed by atoms with Crippen molar-refractivity contribution in [1.82, 2.24) is 0 Å². The van der Waals surface area contributed by atoms with Crippen molar-refractivity contribution < 1.29 is 14.7 Å². The summed E-state index contributed by atoms with van der Waals surface area (Å²) in [5, 5.41) is 11.4. The van der Waals surface area contributed by atoms with Crippen molar-refractivity contribution in [3.63, 3.8) is 0 Å². The lowest BCUT2D eigenvalue weighted by Crippen LogP contribution is -2.20. The molecule has 0 bridgehead atoms. The summed E-state index contributed by atoms with van der Waals surface area (Å²) in [6.45, 7) is 2.33. The van der Waals surface area contributed by atoms with Crippen LogP contribution in [-0.2, 0) is 4.79 Å². The third kappa shape index (κ3) is 4.24. The van der Waals surface area contributed by atoms with E-state index in [2.05, 4.69) is 5.32 Å². The molecule has 1 amide bonds. The Morgan fingerprint density at radius 2 is 2.18 bits per heavy atom. The number of benzene rings is 1. The fourth-order valence-electron chi connectivity index (χ4n) is 1.34. The van der Waals surface area contributed by atoms with Gasteiger partial charge in [0.25, 0.3) is 0 Å². The lowest BCUT2D eigenvalue weighted by Gasteiger charge is -2.09. The highest BCUT2D eigenvalue weighted by molar-refractivity contribution is 5.93. The summed E-state index contributed by atoms with van der Waals surface area (Å²) >= 11 is 0. The highest BCUT2D eigenvalue weighted by Gasteiger charge is 2.09. The average molecular weight is 236 g/mol. The highest BCUT2D eigenvalue weighted by atomic mass is 16.4. The number of hydrogen-bond donors (Lipinski definition) is 3. The van der Waals surface area contributed by atoms with Crippen LogP contribution in [0, 0.1) is 5.92 Å². The number of nitrogens with one attached hydrogen (secondary N) is 1. The molecule has 4 N–H and O–H groups in total. The molecule has 0 saturated carbocycles. The number of carboxylic acids is 1. The number of carbonyl (C=O) groups is 2. The Labute approximate surface area is 99.6 Å². The second-order valence-corrected chi connectivity index (χ2v) is 3.98. The van der Waals surface area contributed by atoms with Gasteiger partial charge in [-0.25, -0.2) is 4.79 Å². The monoisotopic (exact) mass is 236 g/mol. The van der Waals surface area contributed by atoms with Crippen LogP contribution in [-0.4, -0.2) is 23.5 Å². The molecule has 17 heavy (non-hydrogen) atoms. The van der Waals surface area contributed by atoms with Gasteiger partial charge in [-0.3, -0.25) is 4.79 Å². The quantitative estimate of drug-likeness (QED) is 0.718. The van der Waals surface area contributed by atoms with Crippen LogP contribution in [0.1, 0.15) is 23.7 Å². The first-order valence-corrected chi connectivity index (χ1v) is 5.36. The van der Waals surface area contributed by atoms with Gasteiger partial charge >= 0.3 is 5.97 Å². The minimum atomic E-state index is -1.02. The molecule has 0 spiro atoms. The molecule has 1 aromatic carbocycles. The summed E-state index contributed by atoms with van der Waals surface area (Å²) in [5.41, 5.74) is 6.05. The molecule has 1 atom stereocenters. The van der Waals surface area contributed by atoms with Crippen LogP contribution in [0.25, 0.3) is 0 Å². The Bertz CT molecular complexity index is 418. The maximum atomic E-state index is 11.5. The fraction of sp³-hybridized carbons (Fsp3) is 0.333. The molecular formula is C12H16N2O3. The molecule has 0 aromatic heterocycles. The van der Waals surface area contributed by atoms with Crippen molar-refractivity contribution in [3.8, 4) is 0 Å². The van der Waals surface area contributed by atoms with E-state index in [1.165, 1.54) is 12.1 Å². The van der Waals surface area contributed by atoms with E-state index in [-0.39, 0.29) is 17.4 Å². The largest absolute Gasteiger partial charge is 0.478 e. The number of anilines is 1. The molecule has 5 heteroatoms. The van der Waals surface area contributed by atoms with E-state index < -0.39 is 5.97 Å². The standard InChI is InChI=1S/C12H16N2O3/c1-8(7-13)5-11(15)14-10-4-2-3-9(6-10)12(16)17/h2-4,6,8H,5,7,13H2,1H3,(H,14,15)(H,16,17). The molecule has 1 rings (SSSR count). The van der Waals surface area contributed by atoms with Crippen LogP contribution in [0.15, 0.2) is 24.3 Å². The van der Waals surface area contributed by atoms with E-state index in [0.717, 1.165) is 0 Å². The maximum Gasteiger partial charge on any atom is 0.335 e. The lowest BCUT2D eigenvalue weighted by atomic mass is 10.1. The molecule has 5 nitrogen and oxygen atoms in total. The Balaban J connectivity index is 2.65. The first-order chi connectivity index (χ1) is 8.02. The molecule has 0 fully saturated rings. The fourth-order valence-corrected chi connectivity index (χ4v) is 1.34. The first-order valence-electron chi connectivity index (χ1n) is 5.36. The summed E-state index contributed by atoms with van der Waals surface area (Å²) < 4.78 is 0. The SMILES string of the molecule is CC(CN)CC(=O)Nc1cccc(C(=O)O)c1. The van der Waals surface area contributed by atoms with Crippen LogP contribution in [0.3, 0.4) is 0 Å². The Hall–Kier alpha value is -1.88. The number of rotatable bonds is 5. The van der Waals surface area contributed by atoms with Gasteiger partial charge in [0, 0.05) is 12.1 Å². The average Bonchev–Trinajstić information content (AvgIpc) is 2.28. The predicted molar refractivity (Wildman–Crippen MR) is 64.9 cm³/mol. The van der Waals surface area contributed by atoms with E-state index >= 15 is 0 Å². The summed E-state index contributed by atoms with van der Waals surface area (Å²) in [7, 11) is 0. The van der Waals surface area contributed by atoms with Gasteiger partial charge in [0.05, 0.1) is 5.56 Å². The zero-order valence-corrected chi connectivity index (χ0v) is 9.64. The topological polar surface area (TPSA) is 92.4 Å². The zero-order chi connectivity index (χ0) is 12.8. The molecular weight excluding hydrogens is 220 g/mol. The first kappa shape index (κ1) is 13.2. The molecule has 0 aliphatic rings.